The van der Waals surface area contributed by atoms with Crippen molar-refractivity contribution in [2.75, 3.05) is 13.7 Å². The third kappa shape index (κ3) is 2.07. The third-order valence-corrected chi connectivity index (χ3v) is 4.30. The van der Waals surface area contributed by atoms with Gasteiger partial charge in [0.2, 0.25) is 0 Å². The molecule has 1 fully saturated rings. The summed E-state index contributed by atoms with van der Waals surface area (Å²) in [6.07, 6.45) is 5.77. The molecule has 0 saturated heterocycles. The average molecular weight is 249 g/mol. The molecule has 0 radical (unpaired) electrons. The Bertz CT molecular complexity index is 423. The SMILES string of the molecule is COc1ccc(C)c(C2(CN)CCCCC2)c1O. The summed E-state index contributed by atoms with van der Waals surface area (Å²) in [6.45, 7) is 2.63. The summed E-state index contributed by atoms with van der Waals surface area (Å²) in [5, 5.41) is 10.4. The maximum absolute atomic E-state index is 10.4. The van der Waals surface area contributed by atoms with Gasteiger partial charge in [-0.25, -0.2) is 0 Å². The number of hydrogen-bond donors (Lipinski definition) is 2. The van der Waals surface area contributed by atoms with Gasteiger partial charge in [-0.2, -0.15) is 0 Å². The minimum Gasteiger partial charge on any atom is -0.504 e. The van der Waals surface area contributed by atoms with Crippen molar-refractivity contribution < 1.29 is 9.84 Å². The van der Waals surface area contributed by atoms with Crippen LogP contribution in [0.25, 0.3) is 0 Å². The molecule has 1 aliphatic rings. The number of nitrogens with two attached hydrogens (primary N) is 1. The van der Waals surface area contributed by atoms with Gasteiger partial charge in [0.1, 0.15) is 0 Å². The van der Waals surface area contributed by atoms with E-state index in [1.54, 1.807) is 7.11 Å². The van der Waals surface area contributed by atoms with Gasteiger partial charge < -0.3 is 15.6 Å². The van der Waals surface area contributed by atoms with Crippen molar-refractivity contribution in [1.29, 1.82) is 0 Å². The highest BCUT2D eigenvalue weighted by Crippen LogP contribution is 2.46. The summed E-state index contributed by atoms with van der Waals surface area (Å²) in [5.74, 6) is 0.832. The number of phenolic OH excluding ortho intramolecular Hbond substituents is 1. The number of rotatable bonds is 3. The maximum atomic E-state index is 10.4. The minimum absolute atomic E-state index is 0.0685. The van der Waals surface area contributed by atoms with Crippen LogP contribution in [0.1, 0.15) is 43.2 Å². The topological polar surface area (TPSA) is 55.5 Å². The monoisotopic (exact) mass is 249 g/mol. The van der Waals surface area contributed by atoms with Crippen LogP contribution in [0.3, 0.4) is 0 Å². The van der Waals surface area contributed by atoms with Gasteiger partial charge in [0.05, 0.1) is 7.11 Å². The Morgan fingerprint density at radius 1 is 1.28 bits per heavy atom. The minimum atomic E-state index is -0.0685. The van der Waals surface area contributed by atoms with Gasteiger partial charge in [-0.3, -0.25) is 0 Å². The molecule has 0 atom stereocenters. The predicted octanol–water partition coefficient (Wildman–Crippen LogP) is 2.87. The van der Waals surface area contributed by atoms with Gasteiger partial charge in [0.25, 0.3) is 0 Å². The van der Waals surface area contributed by atoms with Crippen LogP contribution in [0, 0.1) is 6.92 Å². The highest BCUT2D eigenvalue weighted by atomic mass is 16.5. The molecule has 0 spiro atoms. The number of aryl methyl sites for hydroxylation is 1. The first kappa shape index (κ1) is 13.2. The Balaban J connectivity index is 2.53. The smallest absolute Gasteiger partial charge is 0.161 e. The Morgan fingerprint density at radius 3 is 2.50 bits per heavy atom. The quantitative estimate of drug-likeness (QED) is 0.866. The van der Waals surface area contributed by atoms with Crippen LogP contribution in [0.15, 0.2) is 12.1 Å². The van der Waals surface area contributed by atoms with Crippen molar-refractivity contribution in [2.24, 2.45) is 5.73 Å². The second-order valence-corrected chi connectivity index (χ2v) is 5.35. The van der Waals surface area contributed by atoms with Crippen LogP contribution in [-0.2, 0) is 5.41 Å². The van der Waals surface area contributed by atoms with E-state index in [4.69, 9.17) is 10.5 Å². The zero-order chi connectivity index (χ0) is 13.2. The van der Waals surface area contributed by atoms with Crippen LogP contribution >= 0.6 is 0 Å². The second kappa shape index (κ2) is 5.19. The summed E-state index contributed by atoms with van der Waals surface area (Å²) in [6, 6.07) is 3.83. The van der Waals surface area contributed by atoms with E-state index in [0.717, 1.165) is 24.0 Å². The molecule has 0 aliphatic heterocycles. The highest BCUT2D eigenvalue weighted by molar-refractivity contribution is 5.53. The molecule has 3 nitrogen and oxygen atoms in total. The lowest BCUT2D eigenvalue weighted by Crippen LogP contribution is -2.37. The molecule has 100 valence electrons. The van der Waals surface area contributed by atoms with Crippen molar-refractivity contribution in [3.63, 3.8) is 0 Å². The predicted molar refractivity (Wildman–Crippen MR) is 73.2 cm³/mol. The summed E-state index contributed by atoms with van der Waals surface area (Å²) in [4.78, 5) is 0. The van der Waals surface area contributed by atoms with E-state index in [2.05, 4.69) is 0 Å². The standard InChI is InChI=1S/C15H23NO2/c1-11-6-7-12(18-2)14(17)13(11)15(10-16)8-4-3-5-9-15/h6-7,17H,3-5,8-10,16H2,1-2H3. The van der Waals surface area contributed by atoms with E-state index in [0.29, 0.717) is 12.3 Å². The lowest BCUT2D eigenvalue weighted by Gasteiger charge is -2.38. The molecule has 0 bridgehead atoms. The third-order valence-electron chi connectivity index (χ3n) is 4.30. The first-order chi connectivity index (χ1) is 8.64. The molecule has 2 rings (SSSR count). The summed E-state index contributed by atoms with van der Waals surface area (Å²) in [5.41, 5.74) is 8.09. The zero-order valence-electron chi connectivity index (χ0n) is 11.3. The van der Waals surface area contributed by atoms with Gasteiger partial charge >= 0.3 is 0 Å². The van der Waals surface area contributed by atoms with E-state index in [-0.39, 0.29) is 11.2 Å². The molecule has 1 aromatic rings. The van der Waals surface area contributed by atoms with Gasteiger partial charge in [0, 0.05) is 17.5 Å². The molecule has 1 aliphatic carbocycles. The summed E-state index contributed by atoms with van der Waals surface area (Å²) in [7, 11) is 1.59. The Kier molecular flexibility index (Phi) is 3.81. The lowest BCUT2D eigenvalue weighted by molar-refractivity contribution is 0.284. The normalized spacial score (nSPS) is 18.6. The first-order valence-electron chi connectivity index (χ1n) is 6.72. The molecular weight excluding hydrogens is 226 g/mol. The number of benzene rings is 1. The van der Waals surface area contributed by atoms with Gasteiger partial charge in [0.15, 0.2) is 11.5 Å². The number of hydrogen-bond acceptors (Lipinski definition) is 3. The van der Waals surface area contributed by atoms with E-state index in [1.807, 2.05) is 19.1 Å². The molecule has 0 unspecified atom stereocenters. The van der Waals surface area contributed by atoms with Crippen LogP contribution in [0.5, 0.6) is 11.5 Å². The number of ether oxygens (including phenoxy) is 1. The fourth-order valence-corrected chi connectivity index (χ4v) is 3.29. The molecule has 3 heteroatoms. The van der Waals surface area contributed by atoms with Crippen LogP contribution in [0.4, 0.5) is 0 Å². The first-order valence-corrected chi connectivity index (χ1v) is 6.72. The van der Waals surface area contributed by atoms with Gasteiger partial charge in [-0.1, -0.05) is 25.3 Å². The van der Waals surface area contributed by atoms with Crippen LogP contribution in [0.2, 0.25) is 0 Å². The van der Waals surface area contributed by atoms with Crippen molar-refractivity contribution in [1.82, 2.24) is 0 Å². The molecule has 1 saturated carbocycles. The molecule has 0 aromatic heterocycles. The molecule has 18 heavy (non-hydrogen) atoms. The van der Waals surface area contributed by atoms with Gasteiger partial charge in [-0.05, 0) is 31.4 Å². The molecule has 3 N–H and O–H groups in total. The zero-order valence-corrected chi connectivity index (χ0v) is 11.3. The van der Waals surface area contributed by atoms with E-state index < -0.39 is 0 Å². The molecule has 0 heterocycles. The maximum Gasteiger partial charge on any atom is 0.161 e. The Labute approximate surface area is 109 Å². The average Bonchev–Trinajstić information content (AvgIpc) is 2.40. The van der Waals surface area contributed by atoms with Crippen LogP contribution in [-0.4, -0.2) is 18.8 Å². The van der Waals surface area contributed by atoms with E-state index >= 15 is 0 Å². The van der Waals surface area contributed by atoms with Crippen molar-refractivity contribution in [3.05, 3.63) is 23.3 Å². The van der Waals surface area contributed by atoms with Gasteiger partial charge in [-0.15, -0.1) is 0 Å². The Morgan fingerprint density at radius 2 is 1.94 bits per heavy atom. The molecule has 1 aromatic carbocycles. The lowest BCUT2D eigenvalue weighted by atomic mass is 9.68. The largest absolute Gasteiger partial charge is 0.504 e. The van der Waals surface area contributed by atoms with Crippen molar-refractivity contribution >= 4 is 0 Å². The number of methoxy groups -OCH3 is 1. The van der Waals surface area contributed by atoms with Crippen molar-refractivity contribution in [2.45, 2.75) is 44.4 Å². The van der Waals surface area contributed by atoms with E-state index in [1.165, 1.54) is 19.3 Å². The molecule has 0 amide bonds. The molecular formula is C15H23NO2. The van der Waals surface area contributed by atoms with Crippen molar-refractivity contribution in [3.8, 4) is 11.5 Å². The fraction of sp³-hybridized carbons (Fsp3) is 0.600. The van der Waals surface area contributed by atoms with Crippen LogP contribution < -0.4 is 10.5 Å². The number of phenols is 1. The summed E-state index contributed by atoms with van der Waals surface area (Å²) >= 11 is 0. The summed E-state index contributed by atoms with van der Waals surface area (Å²) < 4.78 is 5.23. The second-order valence-electron chi connectivity index (χ2n) is 5.35. The van der Waals surface area contributed by atoms with E-state index in [9.17, 15) is 5.11 Å². The number of aromatic hydroxyl groups is 1. The fourth-order valence-electron chi connectivity index (χ4n) is 3.29. The highest BCUT2D eigenvalue weighted by Gasteiger charge is 2.36. The Hall–Kier alpha value is -1.22.